The molecule has 18 heavy (non-hydrogen) atoms. The Kier molecular flexibility index (Phi) is 3.25. The number of fused-ring (bicyclic) bond motifs is 1. The van der Waals surface area contributed by atoms with E-state index < -0.39 is 0 Å². The molecule has 0 saturated carbocycles. The summed E-state index contributed by atoms with van der Waals surface area (Å²) >= 11 is 0. The second kappa shape index (κ2) is 5.04. The van der Waals surface area contributed by atoms with Gasteiger partial charge in [0.15, 0.2) is 0 Å². The number of hydrogen-bond donors (Lipinski definition) is 0. The maximum Gasteiger partial charge on any atom is 0.0831 e. The van der Waals surface area contributed by atoms with Gasteiger partial charge in [-0.15, -0.1) is 5.92 Å². The van der Waals surface area contributed by atoms with Crippen LogP contribution in [0.1, 0.15) is 26.2 Å². The van der Waals surface area contributed by atoms with E-state index in [0.717, 1.165) is 13.1 Å². The van der Waals surface area contributed by atoms with Crippen LogP contribution in [0, 0.1) is 11.8 Å². The smallest absolute Gasteiger partial charge is 0.0831 e. The summed E-state index contributed by atoms with van der Waals surface area (Å²) < 4.78 is 0. The van der Waals surface area contributed by atoms with Crippen molar-refractivity contribution in [1.29, 1.82) is 0 Å². The molecular weight excluding hydrogens is 220 g/mol. The second-order valence-electron chi connectivity index (χ2n) is 5.09. The molecule has 2 saturated heterocycles. The van der Waals surface area contributed by atoms with Crippen LogP contribution in [0.5, 0.6) is 0 Å². The summed E-state index contributed by atoms with van der Waals surface area (Å²) in [4.78, 5) is 5.14. The van der Waals surface area contributed by atoms with Crippen molar-refractivity contribution in [3.05, 3.63) is 30.3 Å². The number of para-hydroxylation sites is 1. The molecular formula is C16H20N2. The molecule has 2 atom stereocenters. The van der Waals surface area contributed by atoms with Crippen molar-refractivity contribution in [2.45, 2.75) is 38.4 Å². The lowest BCUT2D eigenvalue weighted by Gasteiger charge is -2.38. The van der Waals surface area contributed by atoms with Crippen LogP contribution in [0.4, 0.5) is 5.69 Å². The van der Waals surface area contributed by atoms with Gasteiger partial charge in [0.1, 0.15) is 0 Å². The number of piperidine rings is 1. The Morgan fingerprint density at radius 3 is 2.72 bits per heavy atom. The SMILES string of the molecule is CC#CC1CCCC2N(c3ccccc3)CCN12. The maximum atomic E-state index is 3.38. The predicted molar refractivity (Wildman–Crippen MR) is 75.4 cm³/mol. The molecule has 2 heteroatoms. The summed E-state index contributed by atoms with van der Waals surface area (Å²) in [5.74, 6) is 6.47. The molecule has 2 aliphatic heterocycles. The van der Waals surface area contributed by atoms with Crippen molar-refractivity contribution in [2.24, 2.45) is 0 Å². The molecule has 2 heterocycles. The fraction of sp³-hybridized carbons (Fsp3) is 0.500. The number of benzene rings is 1. The van der Waals surface area contributed by atoms with E-state index in [2.05, 4.69) is 52.0 Å². The normalized spacial score (nSPS) is 27.5. The molecule has 1 aromatic rings. The molecule has 0 N–H and O–H groups in total. The molecule has 0 bridgehead atoms. The monoisotopic (exact) mass is 240 g/mol. The summed E-state index contributed by atoms with van der Waals surface area (Å²) in [6.07, 6.45) is 4.37. The number of hydrogen-bond acceptors (Lipinski definition) is 2. The minimum absolute atomic E-state index is 0.475. The maximum absolute atomic E-state index is 3.38. The zero-order chi connectivity index (χ0) is 12.4. The summed E-state index contributed by atoms with van der Waals surface area (Å²) in [6.45, 7) is 4.24. The van der Waals surface area contributed by atoms with Crippen LogP contribution in [0.25, 0.3) is 0 Å². The Morgan fingerprint density at radius 1 is 1.11 bits per heavy atom. The quantitative estimate of drug-likeness (QED) is 0.696. The Labute approximate surface area is 110 Å². The topological polar surface area (TPSA) is 6.48 Å². The number of anilines is 1. The zero-order valence-corrected chi connectivity index (χ0v) is 11.0. The van der Waals surface area contributed by atoms with Crippen molar-refractivity contribution in [2.75, 3.05) is 18.0 Å². The van der Waals surface area contributed by atoms with Crippen LogP contribution in [0.2, 0.25) is 0 Å². The highest BCUT2D eigenvalue weighted by Crippen LogP contribution is 2.32. The van der Waals surface area contributed by atoms with Gasteiger partial charge in [-0.1, -0.05) is 24.1 Å². The molecule has 0 radical (unpaired) electrons. The minimum Gasteiger partial charge on any atom is -0.354 e. The Morgan fingerprint density at radius 2 is 1.94 bits per heavy atom. The van der Waals surface area contributed by atoms with Gasteiger partial charge >= 0.3 is 0 Å². The van der Waals surface area contributed by atoms with Gasteiger partial charge in [0, 0.05) is 18.8 Å². The number of nitrogens with zero attached hydrogens (tertiary/aromatic N) is 2. The van der Waals surface area contributed by atoms with E-state index in [-0.39, 0.29) is 0 Å². The van der Waals surface area contributed by atoms with Crippen LogP contribution in [0.15, 0.2) is 30.3 Å². The van der Waals surface area contributed by atoms with E-state index in [9.17, 15) is 0 Å². The van der Waals surface area contributed by atoms with Gasteiger partial charge in [-0.05, 0) is 38.3 Å². The molecule has 1 aromatic carbocycles. The van der Waals surface area contributed by atoms with Crippen LogP contribution in [-0.2, 0) is 0 Å². The van der Waals surface area contributed by atoms with Gasteiger partial charge in [-0.3, -0.25) is 4.90 Å². The molecule has 0 aromatic heterocycles. The average Bonchev–Trinajstić information content (AvgIpc) is 2.85. The van der Waals surface area contributed by atoms with Crippen LogP contribution >= 0.6 is 0 Å². The van der Waals surface area contributed by atoms with Crippen molar-refractivity contribution >= 4 is 5.69 Å². The first-order valence-corrected chi connectivity index (χ1v) is 6.90. The first-order chi connectivity index (χ1) is 8.90. The highest BCUT2D eigenvalue weighted by molar-refractivity contribution is 5.48. The fourth-order valence-corrected chi connectivity index (χ4v) is 3.29. The highest BCUT2D eigenvalue weighted by Gasteiger charge is 2.38. The van der Waals surface area contributed by atoms with Crippen LogP contribution in [-0.4, -0.2) is 30.2 Å². The lowest BCUT2D eigenvalue weighted by molar-refractivity contribution is 0.159. The van der Waals surface area contributed by atoms with Crippen molar-refractivity contribution in [1.82, 2.24) is 4.90 Å². The van der Waals surface area contributed by atoms with Gasteiger partial charge in [0.05, 0.1) is 12.2 Å². The van der Waals surface area contributed by atoms with E-state index in [4.69, 9.17) is 0 Å². The summed E-state index contributed by atoms with van der Waals surface area (Å²) in [5, 5.41) is 0. The Balaban J connectivity index is 1.82. The third-order valence-corrected chi connectivity index (χ3v) is 4.08. The van der Waals surface area contributed by atoms with Crippen molar-refractivity contribution in [3.63, 3.8) is 0 Å². The van der Waals surface area contributed by atoms with Crippen molar-refractivity contribution < 1.29 is 0 Å². The minimum atomic E-state index is 0.475. The molecule has 2 aliphatic rings. The predicted octanol–water partition coefficient (Wildman–Crippen LogP) is 2.71. The first kappa shape index (κ1) is 11.6. The van der Waals surface area contributed by atoms with Crippen LogP contribution < -0.4 is 4.90 Å². The van der Waals surface area contributed by atoms with E-state index >= 15 is 0 Å². The molecule has 2 unspecified atom stereocenters. The second-order valence-corrected chi connectivity index (χ2v) is 5.09. The summed E-state index contributed by atoms with van der Waals surface area (Å²) in [6, 6.07) is 11.3. The summed E-state index contributed by atoms with van der Waals surface area (Å²) in [5.41, 5.74) is 1.36. The van der Waals surface area contributed by atoms with E-state index in [0.29, 0.717) is 12.2 Å². The summed E-state index contributed by atoms with van der Waals surface area (Å²) in [7, 11) is 0. The largest absolute Gasteiger partial charge is 0.354 e. The lowest BCUT2D eigenvalue weighted by atomic mass is 10.0. The van der Waals surface area contributed by atoms with Crippen molar-refractivity contribution in [3.8, 4) is 11.8 Å². The van der Waals surface area contributed by atoms with E-state index in [1.165, 1.54) is 24.9 Å². The van der Waals surface area contributed by atoms with Gasteiger partial charge in [-0.2, -0.15) is 0 Å². The molecule has 2 nitrogen and oxygen atoms in total. The van der Waals surface area contributed by atoms with Gasteiger partial charge in [0.25, 0.3) is 0 Å². The average molecular weight is 240 g/mol. The molecule has 94 valence electrons. The third-order valence-electron chi connectivity index (χ3n) is 4.08. The molecule has 0 aliphatic carbocycles. The third kappa shape index (κ3) is 2.00. The molecule has 0 amide bonds. The molecule has 3 rings (SSSR count). The van der Waals surface area contributed by atoms with Crippen LogP contribution in [0.3, 0.4) is 0 Å². The lowest BCUT2D eigenvalue weighted by Crippen LogP contribution is -2.47. The van der Waals surface area contributed by atoms with E-state index in [1.807, 2.05) is 6.92 Å². The van der Waals surface area contributed by atoms with Gasteiger partial charge < -0.3 is 4.90 Å². The fourth-order valence-electron chi connectivity index (χ4n) is 3.29. The Hall–Kier alpha value is -1.46. The van der Waals surface area contributed by atoms with Gasteiger partial charge in [0.2, 0.25) is 0 Å². The molecule has 2 fully saturated rings. The first-order valence-electron chi connectivity index (χ1n) is 6.90. The van der Waals surface area contributed by atoms with E-state index in [1.54, 1.807) is 0 Å². The highest BCUT2D eigenvalue weighted by atomic mass is 15.4. The Bertz CT molecular complexity index is 457. The number of rotatable bonds is 1. The molecule has 0 spiro atoms. The standard InChI is InChI=1S/C16H20N2/c1-2-7-14-10-6-11-16-17(14)12-13-18(16)15-8-4-3-5-9-15/h3-5,8-9,14,16H,6,10-13H2,1H3. The zero-order valence-electron chi connectivity index (χ0n) is 11.0. The van der Waals surface area contributed by atoms with Gasteiger partial charge in [-0.25, -0.2) is 0 Å².